The van der Waals surface area contributed by atoms with Gasteiger partial charge in [-0.1, -0.05) is 30.3 Å². The average molecular weight is 489 g/mol. The van der Waals surface area contributed by atoms with Crippen molar-refractivity contribution in [3.05, 3.63) is 71.3 Å². The third-order valence-corrected chi connectivity index (χ3v) is 6.90. The summed E-state index contributed by atoms with van der Waals surface area (Å²) in [7, 11) is 0. The van der Waals surface area contributed by atoms with Crippen molar-refractivity contribution in [2.45, 2.75) is 25.7 Å². The van der Waals surface area contributed by atoms with Gasteiger partial charge in [0, 0.05) is 64.5 Å². The molecular formula is C26H31F3N4O2. The maximum atomic E-state index is 13.1. The van der Waals surface area contributed by atoms with Crippen LogP contribution in [-0.4, -0.2) is 89.8 Å². The Hall–Kier alpha value is -2.91. The molecule has 2 heterocycles. The molecule has 0 spiro atoms. The van der Waals surface area contributed by atoms with Gasteiger partial charge in [-0.3, -0.25) is 19.4 Å². The molecule has 0 aliphatic carbocycles. The van der Waals surface area contributed by atoms with Gasteiger partial charge in [0.1, 0.15) is 0 Å². The summed E-state index contributed by atoms with van der Waals surface area (Å²) in [6.45, 7) is 7.82. The van der Waals surface area contributed by atoms with Gasteiger partial charge in [-0.2, -0.15) is 13.2 Å². The first-order valence-corrected chi connectivity index (χ1v) is 12.0. The predicted molar refractivity (Wildman–Crippen MR) is 127 cm³/mol. The molecule has 2 fully saturated rings. The first-order valence-electron chi connectivity index (χ1n) is 12.0. The van der Waals surface area contributed by atoms with E-state index >= 15 is 0 Å². The van der Waals surface area contributed by atoms with Crippen LogP contribution in [-0.2, 0) is 17.5 Å². The average Bonchev–Trinajstić information content (AvgIpc) is 2.88. The molecule has 1 unspecified atom stereocenters. The number of piperazine rings is 2. The first-order chi connectivity index (χ1) is 16.7. The highest BCUT2D eigenvalue weighted by atomic mass is 19.4. The molecule has 2 aliphatic heterocycles. The molecule has 0 bridgehead atoms. The van der Waals surface area contributed by atoms with E-state index < -0.39 is 11.7 Å². The normalized spacial score (nSPS) is 19.0. The fraction of sp³-hybridized carbons (Fsp3) is 0.462. The second kappa shape index (κ2) is 10.8. The Bertz CT molecular complexity index is 998. The van der Waals surface area contributed by atoms with Gasteiger partial charge in [-0.05, 0) is 36.8 Å². The summed E-state index contributed by atoms with van der Waals surface area (Å²) in [5.41, 5.74) is 0.736. The van der Waals surface area contributed by atoms with E-state index in [0.29, 0.717) is 39.3 Å². The number of rotatable bonds is 5. The molecule has 0 aromatic heterocycles. The summed E-state index contributed by atoms with van der Waals surface area (Å²) in [4.78, 5) is 33.8. The smallest absolute Gasteiger partial charge is 0.339 e. The van der Waals surface area contributed by atoms with Crippen molar-refractivity contribution in [2.24, 2.45) is 0 Å². The van der Waals surface area contributed by atoms with Crippen LogP contribution in [0.15, 0.2) is 54.6 Å². The van der Waals surface area contributed by atoms with Crippen LogP contribution in [0.3, 0.4) is 0 Å². The van der Waals surface area contributed by atoms with Crippen LogP contribution in [0.25, 0.3) is 0 Å². The van der Waals surface area contributed by atoms with Crippen molar-refractivity contribution in [3.63, 3.8) is 0 Å². The van der Waals surface area contributed by atoms with Crippen LogP contribution in [0.4, 0.5) is 13.2 Å². The van der Waals surface area contributed by atoms with Gasteiger partial charge in [0.2, 0.25) is 5.91 Å². The van der Waals surface area contributed by atoms with E-state index in [1.165, 1.54) is 17.7 Å². The number of halogens is 3. The molecule has 2 amide bonds. The minimum absolute atomic E-state index is 0.104. The molecule has 35 heavy (non-hydrogen) atoms. The largest absolute Gasteiger partial charge is 0.416 e. The monoisotopic (exact) mass is 488 g/mol. The van der Waals surface area contributed by atoms with Gasteiger partial charge in [0.15, 0.2) is 0 Å². The molecule has 0 radical (unpaired) electrons. The van der Waals surface area contributed by atoms with Crippen molar-refractivity contribution >= 4 is 11.8 Å². The minimum atomic E-state index is -4.43. The van der Waals surface area contributed by atoms with Crippen molar-refractivity contribution in [2.75, 3.05) is 52.4 Å². The van der Waals surface area contributed by atoms with Gasteiger partial charge in [0.25, 0.3) is 5.91 Å². The lowest BCUT2D eigenvalue weighted by Gasteiger charge is -2.41. The Morgan fingerprint density at radius 1 is 0.800 bits per heavy atom. The maximum Gasteiger partial charge on any atom is 0.416 e. The highest BCUT2D eigenvalue weighted by Crippen LogP contribution is 2.29. The van der Waals surface area contributed by atoms with Crippen LogP contribution in [0.2, 0.25) is 0 Å². The Balaban J connectivity index is 1.24. The predicted octanol–water partition coefficient (Wildman–Crippen LogP) is 3.20. The second-order valence-corrected chi connectivity index (χ2v) is 9.17. The van der Waals surface area contributed by atoms with Gasteiger partial charge in [-0.15, -0.1) is 0 Å². The molecule has 9 heteroatoms. The van der Waals surface area contributed by atoms with Crippen LogP contribution >= 0.6 is 0 Å². The maximum absolute atomic E-state index is 13.1. The molecule has 4 rings (SSSR count). The Morgan fingerprint density at radius 2 is 1.37 bits per heavy atom. The highest BCUT2D eigenvalue weighted by Gasteiger charge is 2.33. The zero-order valence-electron chi connectivity index (χ0n) is 19.9. The lowest BCUT2D eigenvalue weighted by molar-refractivity contribution is -0.139. The van der Waals surface area contributed by atoms with Gasteiger partial charge in [-0.25, -0.2) is 0 Å². The number of nitrogens with zero attached hydrogens (tertiary/aromatic N) is 4. The number of amides is 2. The van der Waals surface area contributed by atoms with Crippen LogP contribution in [0, 0.1) is 0 Å². The topological polar surface area (TPSA) is 47.1 Å². The van der Waals surface area contributed by atoms with Crippen LogP contribution in [0.5, 0.6) is 0 Å². The summed E-state index contributed by atoms with van der Waals surface area (Å²) in [5, 5.41) is 0. The quantitative estimate of drug-likeness (QED) is 0.649. The van der Waals surface area contributed by atoms with E-state index in [4.69, 9.17) is 0 Å². The molecule has 2 aromatic rings. The summed E-state index contributed by atoms with van der Waals surface area (Å²) in [6, 6.07) is 14.3. The van der Waals surface area contributed by atoms with E-state index in [1.807, 2.05) is 30.0 Å². The number of hydrogen-bond acceptors (Lipinski definition) is 4. The van der Waals surface area contributed by atoms with Crippen LogP contribution < -0.4 is 0 Å². The highest BCUT2D eigenvalue weighted by molar-refractivity contribution is 5.94. The van der Waals surface area contributed by atoms with E-state index in [9.17, 15) is 22.8 Å². The zero-order chi connectivity index (χ0) is 25.0. The number of hydrogen-bond donors (Lipinski definition) is 0. The first kappa shape index (κ1) is 25.2. The van der Waals surface area contributed by atoms with Gasteiger partial charge in [0.05, 0.1) is 11.6 Å². The SMILES string of the molecule is CC(C(=O)N1CCN(Cc2ccccc2)CC1)N1CCN(C(=O)c2ccc(C(F)(F)F)cc2)CC1. The van der Waals surface area contributed by atoms with Crippen molar-refractivity contribution in [1.82, 2.24) is 19.6 Å². The van der Waals surface area contributed by atoms with Crippen molar-refractivity contribution in [3.8, 4) is 0 Å². The molecule has 188 valence electrons. The third kappa shape index (κ3) is 6.21. The fourth-order valence-electron chi connectivity index (χ4n) is 4.69. The minimum Gasteiger partial charge on any atom is -0.339 e. The van der Waals surface area contributed by atoms with Gasteiger partial charge >= 0.3 is 6.18 Å². The molecular weight excluding hydrogens is 457 g/mol. The Labute approximate surface area is 203 Å². The molecule has 6 nitrogen and oxygen atoms in total. The Morgan fingerprint density at radius 3 is 1.94 bits per heavy atom. The standard InChI is InChI=1S/C26H31F3N4O2/c1-20(24(34)32-13-11-30(12-14-32)19-21-5-3-2-4-6-21)31-15-17-33(18-16-31)25(35)22-7-9-23(10-8-22)26(27,28)29/h2-10,20H,11-19H2,1H3. The zero-order valence-corrected chi connectivity index (χ0v) is 19.9. The van der Waals surface area contributed by atoms with Gasteiger partial charge < -0.3 is 9.80 Å². The third-order valence-electron chi connectivity index (χ3n) is 6.90. The Kier molecular flexibility index (Phi) is 7.76. The second-order valence-electron chi connectivity index (χ2n) is 9.17. The van der Waals surface area contributed by atoms with E-state index in [2.05, 4.69) is 21.9 Å². The van der Waals surface area contributed by atoms with Crippen molar-refractivity contribution < 1.29 is 22.8 Å². The molecule has 2 aromatic carbocycles. The molecule has 0 N–H and O–H groups in total. The molecule has 2 saturated heterocycles. The number of carbonyl (C=O) groups is 2. The van der Waals surface area contributed by atoms with E-state index in [0.717, 1.165) is 31.8 Å². The molecule has 2 aliphatic rings. The van der Waals surface area contributed by atoms with Crippen molar-refractivity contribution in [1.29, 1.82) is 0 Å². The van der Waals surface area contributed by atoms with E-state index in [1.54, 1.807) is 4.90 Å². The lowest BCUT2D eigenvalue weighted by atomic mass is 10.1. The molecule has 0 saturated carbocycles. The lowest BCUT2D eigenvalue weighted by Crippen LogP contribution is -2.57. The fourth-order valence-corrected chi connectivity index (χ4v) is 4.69. The number of alkyl halides is 3. The summed E-state index contributed by atoms with van der Waals surface area (Å²) in [6.07, 6.45) is -4.43. The summed E-state index contributed by atoms with van der Waals surface area (Å²) >= 11 is 0. The van der Waals surface area contributed by atoms with Crippen LogP contribution in [0.1, 0.15) is 28.4 Å². The molecule has 1 atom stereocenters. The van der Waals surface area contributed by atoms with E-state index in [-0.39, 0.29) is 23.4 Å². The number of benzene rings is 2. The summed E-state index contributed by atoms with van der Waals surface area (Å²) in [5.74, 6) is -0.182. The number of carbonyl (C=O) groups excluding carboxylic acids is 2. The summed E-state index contributed by atoms with van der Waals surface area (Å²) < 4.78 is 38.3.